The fourth-order valence-corrected chi connectivity index (χ4v) is 3.70. The van der Waals surface area contributed by atoms with Crippen LogP contribution in [0.15, 0.2) is 18.2 Å². The highest BCUT2D eigenvalue weighted by molar-refractivity contribution is 5.79. The summed E-state index contributed by atoms with van der Waals surface area (Å²) in [6, 6.07) is 5.74. The number of amides is 1. The van der Waals surface area contributed by atoms with Crippen LogP contribution in [0.25, 0.3) is 0 Å². The first-order chi connectivity index (χ1) is 10.5. The molecule has 1 aromatic rings. The number of aromatic nitrogens is 1. The van der Waals surface area contributed by atoms with Gasteiger partial charge in [0.25, 0.3) is 0 Å². The third-order valence-corrected chi connectivity index (χ3v) is 4.78. The van der Waals surface area contributed by atoms with Gasteiger partial charge in [-0.05, 0) is 44.7 Å². The van der Waals surface area contributed by atoms with Gasteiger partial charge in [0, 0.05) is 31.0 Å². The minimum absolute atomic E-state index is 0.0528. The minimum atomic E-state index is -2.69. The van der Waals surface area contributed by atoms with E-state index in [0.29, 0.717) is 19.4 Å². The molecule has 2 atom stereocenters. The van der Waals surface area contributed by atoms with Gasteiger partial charge in [0.1, 0.15) is 0 Å². The lowest BCUT2D eigenvalue weighted by Crippen LogP contribution is -2.40. The number of rotatable bonds is 2. The molecule has 1 aromatic heterocycles. The SMILES string of the molecule is Cc1cccc([C@H]2CCCN2C(=O)[C@H]2CCCC(F)(F)C2)n1. The van der Waals surface area contributed by atoms with Gasteiger partial charge in [0.05, 0.1) is 11.7 Å². The number of carbonyl (C=O) groups excluding carboxylic acids is 1. The third kappa shape index (κ3) is 3.13. The summed E-state index contributed by atoms with van der Waals surface area (Å²) in [6.45, 7) is 2.58. The fourth-order valence-electron chi connectivity index (χ4n) is 3.70. The number of hydrogen-bond acceptors (Lipinski definition) is 2. The van der Waals surface area contributed by atoms with E-state index in [-0.39, 0.29) is 24.8 Å². The molecule has 5 heteroatoms. The maximum absolute atomic E-state index is 13.6. The molecule has 1 saturated heterocycles. The Kier molecular flexibility index (Phi) is 4.15. The third-order valence-electron chi connectivity index (χ3n) is 4.78. The Morgan fingerprint density at radius 1 is 1.32 bits per heavy atom. The van der Waals surface area contributed by atoms with Crippen LogP contribution in [0, 0.1) is 12.8 Å². The number of carbonyl (C=O) groups is 1. The standard InChI is InChI=1S/C17H22F2N2O/c1-12-5-2-7-14(20-12)15-8-4-10-21(15)16(22)13-6-3-9-17(18,19)11-13/h2,5,7,13,15H,3-4,6,8-11H2,1H3/t13-,15+/m0/s1. The van der Waals surface area contributed by atoms with E-state index in [1.165, 1.54) is 0 Å². The van der Waals surface area contributed by atoms with Crippen LogP contribution in [-0.2, 0) is 4.79 Å². The number of aryl methyl sites for hydroxylation is 1. The van der Waals surface area contributed by atoms with Gasteiger partial charge in [0.2, 0.25) is 11.8 Å². The van der Waals surface area contributed by atoms with E-state index in [2.05, 4.69) is 4.98 Å². The summed E-state index contributed by atoms with van der Waals surface area (Å²) >= 11 is 0. The average molecular weight is 308 g/mol. The van der Waals surface area contributed by atoms with E-state index >= 15 is 0 Å². The summed E-state index contributed by atoms with van der Waals surface area (Å²) in [5.41, 5.74) is 1.80. The molecule has 1 aliphatic heterocycles. The van der Waals surface area contributed by atoms with Crippen molar-refractivity contribution < 1.29 is 13.6 Å². The van der Waals surface area contributed by atoms with Gasteiger partial charge in [-0.1, -0.05) is 6.07 Å². The van der Waals surface area contributed by atoms with Crippen molar-refractivity contribution in [3.8, 4) is 0 Å². The van der Waals surface area contributed by atoms with Gasteiger partial charge < -0.3 is 4.90 Å². The van der Waals surface area contributed by atoms with E-state index in [4.69, 9.17) is 0 Å². The summed E-state index contributed by atoms with van der Waals surface area (Å²) in [5.74, 6) is -3.32. The molecular formula is C17H22F2N2O. The highest BCUT2D eigenvalue weighted by Crippen LogP contribution is 2.40. The van der Waals surface area contributed by atoms with Gasteiger partial charge in [-0.2, -0.15) is 0 Å². The van der Waals surface area contributed by atoms with Crippen LogP contribution >= 0.6 is 0 Å². The Balaban J connectivity index is 1.76. The van der Waals surface area contributed by atoms with Crippen LogP contribution in [0.3, 0.4) is 0 Å². The predicted molar refractivity (Wildman–Crippen MR) is 79.6 cm³/mol. The number of pyridine rings is 1. The Morgan fingerprint density at radius 2 is 2.14 bits per heavy atom. The van der Waals surface area contributed by atoms with Gasteiger partial charge in [0.15, 0.2) is 0 Å². The number of likely N-dealkylation sites (tertiary alicyclic amines) is 1. The van der Waals surface area contributed by atoms with Crippen LogP contribution in [-0.4, -0.2) is 28.3 Å². The first-order valence-electron chi connectivity index (χ1n) is 8.08. The van der Waals surface area contributed by atoms with Crippen LogP contribution in [0.2, 0.25) is 0 Å². The van der Waals surface area contributed by atoms with Crippen LogP contribution in [0.4, 0.5) is 8.78 Å². The number of hydrogen-bond donors (Lipinski definition) is 0. The molecule has 1 saturated carbocycles. The highest BCUT2D eigenvalue weighted by Gasteiger charge is 2.42. The number of nitrogens with zero attached hydrogens (tertiary/aromatic N) is 2. The van der Waals surface area contributed by atoms with Crippen molar-refractivity contribution in [1.29, 1.82) is 0 Å². The van der Waals surface area contributed by atoms with E-state index in [1.807, 2.05) is 25.1 Å². The summed E-state index contributed by atoms with van der Waals surface area (Å²) in [6.07, 6.45) is 2.42. The molecular weight excluding hydrogens is 286 g/mol. The molecule has 0 aromatic carbocycles. The summed E-state index contributed by atoms with van der Waals surface area (Å²) < 4.78 is 27.2. The molecule has 0 radical (unpaired) electrons. The summed E-state index contributed by atoms with van der Waals surface area (Å²) in [4.78, 5) is 19.0. The lowest BCUT2D eigenvalue weighted by atomic mass is 9.85. The topological polar surface area (TPSA) is 33.2 Å². The van der Waals surface area contributed by atoms with E-state index in [1.54, 1.807) is 4.90 Å². The molecule has 3 nitrogen and oxygen atoms in total. The van der Waals surface area contributed by atoms with Crippen molar-refractivity contribution in [2.75, 3.05) is 6.54 Å². The molecule has 2 fully saturated rings. The molecule has 0 bridgehead atoms. The Labute approximate surface area is 129 Å². The molecule has 3 rings (SSSR count). The molecule has 1 aliphatic carbocycles. The quantitative estimate of drug-likeness (QED) is 0.830. The van der Waals surface area contributed by atoms with E-state index < -0.39 is 11.8 Å². The van der Waals surface area contributed by atoms with Crippen LogP contribution in [0.1, 0.15) is 56.0 Å². The molecule has 0 unspecified atom stereocenters. The minimum Gasteiger partial charge on any atom is -0.334 e. The van der Waals surface area contributed by atoms with Crippen molar-refractivity contribution in [2.24, 2.45) is 5.92 Å². The Hall–Kier alpha value is -1.52. The smallest absolute Gasteiger partial charge is 0.248 e. The van der Waals surface area contributed by atoms with Crippen molar-refractivity contribution in [1.82, 2.24) is 9.88 Å². The summed E-state index contributed by atoms with van der Waals surface area (Å²) in [7, 11) is 0. The van der Waals surface area contributed by atoms with E-state index in [0.717, 1.165) is 24.2 Å². The van der Waals surface area contributed by atoms with Crippen LogP contribution in [0.5, 0.6) is 0 Å². The summed E-state index contributed by atoms with van der Waals surface area (Å²) in [5, 5.41) is 0. The zero-order valence-corrected chi connectivity index (χ0v) is 12.9. The Morgan fingerprint density at radius 3 is 2.86 bits per heavy atom. The van der Waals surface area contributed by atoms with Gasteiger partial charge in [-0.25, -0.2) is 8.78 Å². The van der Waals surface area contributed by atoms with Gasteiger partial charge in [-0.15, -0.1) is 0 Å². The zero-order valence-electron chi connectivity index (χ0n) is 12.9. The van der Waals surface area contributed by atoms with Crippen molar-refractivity contribution in [3.05, 3.63) is 29.6 Å². The normalized spacial score (nSPS) is 27.9. The molecule has 2 heterocycles. The second-order valence-corrected chi connectivity index (χ2v) is 6.54. The van der Waals surface area contributed by atoms with Gasteiger partial charge in [-0.3, -0.25) is 9.78 Å². The lowest BCUT2D eigenvalue weighted by molar-refractivity contribution is -0.143. The number of halogens is 2. The second-order valence-electron chi connectivity index (χ2n) is 6.54. The highest BCUT2D eigenvalue weighted by atomic mass is 19.3. The first kappa shape index (κ1) is 15.4. The molecule has 0 spiro atoms. The number of alkyl halides is 2. The van der Waals surface area contributed by atoms with Crippen molar-refractivity contribution in [2.45, 2.75) is 57.4 Å². The molecule has 120 valence electrons. The molecule has 1 amide bonds. The first-order valence-corrected chi connectivity index (χ1v) is 8.08. The monoisotopic (exact) mass is 308 g/mol. The van der Waals surface area contributed by atoms with Crippen LogP contribution < -0.4 is 0 Å². The maximum atomic E-state index is 13.6. The van der Waals surface area contributed by atoms with Gasteiger partial charge >= 0.3 is 0 Å². The molecule has 2 aliphatic rings. The van der Waals surface area contributed by atoms with E-state index in [9.17, 15) is 13.6 Å². The van der Waals surface area contributed by atoms with Crippen molar-refractivity contribution >= 4 is 5.91 Å². The predicted octanol–water partition coefficient (Wildman–Crippen LogP) is 3.88. The molecule has 0 N–H and O–H groups in total. The molecule has 22 heavy (non-hydrogen) atoms. The average Bonchev–Trinajstić information content (AvgIpc) is 2.94. The van der Waals surface area contributed by atoms with Crippen molar-refractivity contribution in [3.63, 3.8) is 0 Å². The zero-order chi connectivity index (χ0) is 15.7. The second kappa shape index (κ2) is 5.94. The fraction of sp³-hybridized carbons (Fsp3) is 0.647. The maximum Gasteiger partial charge on any atom is 0.248 e. The largest absolute Gasteiger partial charge is 0.334 e. The lowest BCUT2D eigenvalue weighted by Gasteiger charge is -2.33. The Bertz CT molecular complexity index is 561.